The Balaban J connectivity index is 1.65. The van der Waals surface area contributed by atoms with Gasteiger partial charge in [-0.1, -0.05) is 23.4 Å². The largest absolute Gasteiger partial charge is 0.481 e. The van der Waals surface area contributed by atoms with Crippen molar-refractivity contribution in [1.29, 1.82) is 0 Å². The molecule has 1 fully saturated rings. The second-order valence-corrected chi connectivity index (χ2v) is 5.06. The fraction of sp³-hybridized carbons (Fsp3) is 0.286. The number of rotatable bonds is 4. The number of hydrogen-bond acceptors (Lipinski definition) is 4. The summed E-state index contributed by atoms with van der Waals surface area (Å²) in [6, 6.07) is 9.40. The minimum Gasteiger partial charge on any atom is -0.481 e. The molecule has 2 heterocycles. The van der Waals surface area contributed by atoms with E-state index in [0.29, 0.717) is 13.1 Å². The maximum absolute atomic E-state index is 12.2. The van der Waals surface area contributed by atoms with E-state index in [2.05, 4.69) is 10.3 Å². The Hall–Kier alpha value is -2.70. The molecular formula is C14H14N4O3. The van der Waals surface area contributed by atoms with Gasteiger partial charge in [-0.15, -0.1) is 5.10 Å². The Morgan fingerprint density at radius 3 is 2.62 bits per heavy atom. The molecule has 0 aliphatic carbocycles. The zero-order chi connectivity index (χ0) is 14.8. The van der Waals surface area contributed by atoms with Crippen molar-refractivity contribution >= 4 is 11.9 Å². The normalized spacial score (nSPS) is 14.8. The fourth-order valence-corrected chi connectivity index (χ4v) is 2.34. The van der Waals surface area contributed by atoms with Crippen LogP contribution in [0.15, 0.2) is 36.5 Å². The second kappa shape index (κ2) is 5.35. The van der Waals surface area contributed by atoms with Crippen LogP contribution in [0.25, 0.3) is 5.69 Å². The topological polar surface area (TPSA) is 88.3 Å². The van der Waals surface area contributed by atoms with Gasteiger partial charge in [-0.3, -0.25) is 9.59 Å². The molecule has 108 valence electrons. The molecule has 0 spiro atoms. The number of carbonyl (C=O) groups is 2. The van der Waals surface area contributed by atoms with E-state index in [1.807, 2.05) is 30.3 Å². The summed E-state index contributed by atoms with van der Waals surface area (Å²) in [5.74, 6) is -1.00. The Kier molecular flexibility index (Phi) is 3.39. The number of aliphatic carboxylic acids is 1. The minimum atomic E-state index is -0.831. The average molecular weight is 286 g/mol. The lowest BCUT2D eigenvalue weighted by atomic mass is 9.96. The first-order chi connectivity index (χ1) is 10.1. The van der Waals surface area contributed by atoms with Crippen molar-refractivity contribution in [3.63, 3.8) is 0 Å². The highest BCUT2D eigenvalue weighted by molar-refractivity contribution is 5.92. The van der Waals surface area contributed by atoms with Gasteiger partial charge in [0.25, 0.3) is 5.91 Å². The number of hydrogen-bond donors (Lipinski definition) is 1. The third-order valence-corrected chi connectivity index (χ3v) is 3.44. The molecular weight excluding hydrogens is 272 g/mol. The first-order valence-electron chi connectivity index (χ1n) is 6.62. The lowest BCUT2D eigenvalue weighted by Crippen LogP contribution is -2.50. The Labute approximate surface area is 120 Å². The zero-order valence-electron chi connectivity index (χ0n) is 11.2. The minimum absolute atomic E-state index is 0.0376. The van der Waals surface area contributed by atoms with Crippen LogP contribution >= 0.6 is 0 Å². The van der Waals surface area contributed by atoms with Crippen molar-refractivity contribution in [2.45, 2.75) is 6.42 Å². The van der Waals surface area contributed by atoms with Crippen molar-refractivity contribution in [1.82, 2.24) is 19.9 Å². The van der Waals surface area contributed by atoms with E-state index in [0.717, 1.165) is 5.69 Å². The zero-order valence-corrected chi connectivity index (χ0v) is 11.2. The number of likely N-dealkylation sites (tertiary alicyclic amines) is 1. The maximum Gasteiger partial charge on any atom is 0.303 e. The van der Waals surface area contributed by atoms with Gasteiger partial charge < -0.3 is 10.0 Å². The van der Waals surface area contributed by atoms with Gasteiger partial charge in [0, 0.05) is 19.0 Å². The average Bonchev–Trinajstić information content (AvgIpc) is 2.92. The van der Waals surface area contributed by atoms with E-state index >= 15 is 0 Å². The monoisotopic (exact) mass is 286 g/mol. The van der Waals surface area contributed by atoms with Crippen LogP contribution in [0.2, 0.25) is 0 Å². The van der Waals surface area contributed by atoms with E-state index in [1.54, 1.807) is 15.8 Å². The number of nitrogens with zero attached hydrogens (tertiary/aromatic N) is 4. The third kappa shape index (κ3) is 2.76. The van der Waals surface area contributed by atoms with Crippen LogP contribution in [0.4, 0.5) is 0 Å². The van der Waals surface area contributed by atoms with Gasteiger partial charge in [0.05, 0.1) is 18.3 Å². The number of para-hydroxylation sites is 1. The number of carboxylic acids is 1. The van der Waals surface area contributed by atoms with Crippen LogP contribution in [-0.4, -0.2) is 50.0 Å². The van der Waals surface area contributed by atoms with Crippen molar-refractivity contribution in [3.8, 4) is 5.69 Å². The summed E-state index contributed by atoms with van der Waals surface area (Å²) in [5, 5.41) is 16.5. The SMILES string of the molecule is O=C(O)CC1CN(C(=O)c2cn(-c3ccccc3)nn2)C1. The van der Waals surface area contributed by atoms with Crippen molar-refractivity contribution in [3.05, 3.63) is 42.2 Å². The lowest BCUT2D eigenvalue weighted by Gasteiger charge is -2.37. The maximum atomic E-state index is 12.2. The molecule has 7 heteroatoms. The molecule has 0 radical (unpaired) electrons. The van der Waals surface area contributed by atoms with Gasteiger partial charge in [-0.25, -0.2) is 4.68 Å². The van der Waals surface area contributed by atoms with Crippen LogP contribution in [0.1, 0.15) is 16.9 Å². The Morgan fingerprint density at radius 2 is 1.95 bits per heavy atom. The number of aromatic nitrogens is 3. The number of carboxylic acid groups (broad SMARTS) is 1. The molecule has 21 heavy (non-hydrogen) atoms. The molecule has 1 amide bonds. The molecule has 1 saturated heterocycles. The molecule has 1 aromatic heterocycles. The number of benzene rings is 1. The van der Waals surface area contributed by atoms with Gasteiger partial charge in [-0.05, 0) is 12.1 Å². The highest BCUT2D eigenvalue weighted by Crippen LogP contribution is 2.21. The summed E-state index contributed by atoms with van der Waals surface area (Å²) >= 11 is 0. The van der Waals surface area contributed by atoms with Gasteiger partial charge in [-0.2, -0.15) is 0 Å². The van der Waals surface area contributed by atoms with Crippen molar-refractivity contribution < 1.29 is 14.7 Å². The molecule has 1 aliphatic rings. The van der Waals surface area contributed by atoms with E-state index < -0.39 is 5.97 Å². The highest BCUT2D eigenvalue weighted by Gasteiger charge is 2.33. The van der Waals surface area contributed by atoms with Crippen LogP contribution in [0.5, 0.6) is 0 Å². The summed E-state index contributed by atoms with van der Waals surface area (Å²) in [4.78, 5) is 24.3. The summed E-state index contributed by atoms with van der Waals surface area (Å²) in [6.07, 6.45) is 1.68. The molecule has 0 unspecified atom stereocenters. The molecule has 2 aromatic rings. The van der Waals surface area contributed by atoms with Gasteiger partial charge in [0.2, 0.25) is 0 Å². The molecule has 3 rings (SSSR count). The summed E-state index contributed by atoms with van der Waals surface area (Å²) < 4.78 is 1.54. The summed E-state index contributed by atoms with van der Waals surface area (Å²) in [6.45, 7) is 0.923. The summed E-state index contributed by atoms with van der Waals surface area (Å²) in [7, 11) is 0. The van der Waals surface area contributed by atoms with Crippen molar-refractivity contribution in [2.24, 2.45) is 5.92 Å². The first kappa shape index (κ1) is 13.3. The smallest absolute Gasteiger partial charge is 0.303 e. The molecule has 0 saturated carbocycles. The molecule has 1 aromatic carbocycles. The van der Waals surface area contributed by atoms with Gasteiger partial charge >= 0.3 is 5.97 Å². The third-order valence-electron chi connectivity index (χ3n) is 3.44. The summed E-state index contributed by atoms with van der Waals surface area (Å²) in [5.41, 5.74) is 1.10. The van der Waals surface area contributed by atoms with E-state index in [-0.39, 0.29) is 23.9 Å². The Morgan fingerprint density at radius 1 is 1.24 bits per heavy atom. The van der Waals surface area contributed by atoms with Crippen LogP contribution < -0.4 is 0 Å². The van der Waals surface area contributed by atoms with Crippen LogP contribution in [-0.2, 0) is 4.79 Å². The van der Waals surface area contributed by atoms with Crippen LogP contribution in [0, 0.1) is 5.92 Å². The molecule has 0 bridgehead atoms. The lowest BCUT2D eigenvalue weighted by molar-refractivity contribution is -0.139. The first-order valence-corrected chi connectivity index (χ1v) is 6.62. The van der Waals surface area contributed by atoms with Gasteiger partial charge in [0.15, 0.2) is 5.69 Å². The second-order valence-electron chi connectivity index (χ2n) is 5.06. The molecule has 7 nitrogen and oxygen atoms in total. The molecule has 1 N–H and O–H groups in total. The molecule has 1 aliphatic heterocycles. The van der Waals surface area contributed by atoms with Gasteiger partial charge in [0.1, 0.15) is 0 Å². The quantitative estimate of drug-likeness (QED) is 0.898. The predicted octanol–water partition coefficient (Wildman–Crippen LogP) is 0.814. The van der Waals surface area contributed by atoms with E-state index in [4.69, 9.17) is 5.11 Å². The van der Waals surface area contributed by atoms with E-state index in [9.17, 15) is 9.59 Å². The van der Waals surface area contributed by atoms with E-state index in [1.165, 1.54) is 0 Å². The highest BCUT2D eigenvalue weighted by atomic mass is 16.4. The number of carbonyl (C=O) groups excluding carboxylic acids is 1. The van der Waals surface area contributed by atoms with Crippen LogP contribution in [0.3, 0.4) is 0 Å². The predicted molar refractivity (Wildman–Crippen MR) is 73.0 cm³/mol. The fourth-order valence-electron chi connectivity index (χ4n) is 2.34. The Bertz CT molecular complexity index is 662. The standard InChI is InChI=1S/C14H14N4O3/c19-13(20)6-10-7-17(8-10)14(21)12-9-18(16-15-12)11-4-2-1-3-5-11/h1-5,9-10H,6-8H2,(H,19,20). The molecule has 0 atom stereocenters. The van der Waals surface area contributed by atoms with Crippen molar-refractivity contribution in [2.75, 3.05) is 13.1 Å². The number of amides is 1.